The molecule has 1 aromatic rings. The Labute approximate surface area is 192 Å². The van der Waals surface area contributed by atoms with Crippen LogP contribution in [-0.2, 0) is 14.3 Å². The van der Waals surface area contributed by atoms with Gasteiger partial charge in [-0.15, -0.1) is 0 Å². The molecule has 178 valence electrons. The molecule has 1 aliphatic carbocycles. The fourth-order valence-corrected chi connectivity index (χ4v) is 3.95. The zero-order valence-corrected chi connectivity index (χ0v) is 20.6. The first-order valence-corrected chi connectivity index (χ1v) is 11.6. The molecule has 0 heterocycles. The monoisotopic (exact) mass is 445 g/mol. The third kappa shape index (κ3) is 7.24. The summed E-state index contributed by atoms with van der Waals surface area (Å²) in [5, 5.41) is 5.66. The summed E-state index contributed by atoms with van der Waals surface area (Å²) in [5.41, 5.74) is 2.13. The standard InChI is InChI=1S/C25H39N3O4/c1-8-10-18(4)27-23(30)22(21-16(2)11-9-12-17(21)3)28(19-13-14-19)20(29)15-26-24(31)32-25(5,6)7/h9,11-12,18-19,22H,8,10,13-15H2,1-7H3,(H,26,31)(H,27,30). The van der Waals surface area contributed by atoms with Crippen LogP contribution in [0.3, 0.4) is 0 Å². The number of rotatable bonds is 9. The molecule has 2 unspecified atom stereocenters. The predicted octanol–water partition coefficient (Wildman–Crippen LogP) is 4.17. The molecule has 2 N–H and O–H groups in total. The number of carbonyl (C=O) groups is 3. The van der Waals surface area contributed by atoms with Crippen LogP contribution in [0.15, 0.2) is 18.2 Å². The number of carbonyl (C=O) groups excluding carboxylic acids is 3. The number of aryl methyl sites for hydroxylation is 2. The van der Waals surface area contributed by atoms with Crippen molar-refractivity contribution >= 4 is 17.9 Å². The minimum atomic E-state index is -0.740. The molecule has 0 aliphatic heterocycles. The van der Waals surface area contributed by atoms with Gasteiger partial charge in [0.25, 0.3) is 0 Å². The van der Waals surface area contributed by atoms with Crippen molar-refractivity contribution in [3.63, 3.8) is 0 Å². The summed E-state index contributed by atoms with van der Waals surface area (Å²) >= 11 is 0. The number of nitrogens with zero attached hydrogens (tertiary/aromatic N) is 1. The summed E-state index contributed by atoms with van der Waals surface area (Å²) in [6, 6.07) is 5.14. The van der Waals surface area contributed by atoms with E-state index in [1.54, 1.807) is 25.7 Å². The van der Waals surface area contributed by atoms with Gasteiger partial charge in [0.05, 0.1) is 0 Å². The molecule has 0 saturated heterocycles. The topological polar surface area (TPSA) is 87.7 Å². The van der Waals surface area contributed by atoms with Gasteiger partial charge in [-0.05, 0) is 77.5 Å². The van der Waals surface area contributed by atoms with Crippen LogP contribution in [0.4, 0.5) is 4.79 Å². The zero-order chi connectivity index (χ0) is 24.1. The van der Waals surface area contributed by atoms with Crippen molar-refractivity contribution in [2.24, 2.45) is 0 Å². The van der Waals surface area contributed by atoms with Crippen molar-refractivity contribution < 1.29 is 19.1 Å². The summed E-state index contributed by atoms with van der Waals surface area (Å²) in [5.74, 6) is -0.467. The lowest BCUT2D eigenvalue weighted by molar-refractivity contribution is -0.141. The van der Waals surface area contributed by atoms with E-state index in [-0.39, 0.29) is 30.4 Å². The summed E-state index contributed by atoms with van der Waals surface area (Å²) in [6.45, 7) is 13.1. The van der Waals surface area contributed by atoms with Crippen molar-refractivity contribution in [1.29, 1.82) is 0 Å². The highest BCUT2D eigenvalue weighted by Gasteiger charge is 2.42. The SMILES string of the molecule is CCCC(C)NC(=O)C(c1c(C)cccc1C)N(C(=O)CNC(=O)OC(C)(C)C)C1CC1. The van der Waals surface area contributed by atoms with E-state index < -0.39 is 17.7 Å². The van der Waals surface area contributed by atoms with Crippen molar-refractivity contribution in [3.05, 3.63) is 34.9 Å². The van der Waals surface area contributed by atoms with Gasteiger partial charge in [-0.25, -0.2) is 4.79 Å². The number of ether oxygens (including phenoxy) is 1. The molecule has 2 atom stereocenters. The third-order valence-electron chi connectivity index (χ3n) is 5.46. The Morgan fingerprint density at radius 1 is 1.16 bits per heavy atom. The second-order valence-corrected chi connectivity index (χ2v) is 9.79. The smallest absolute Gasteiger partial charge is 0.408 e. The fraction of sp³-hybridized carbons (Fsp3) is 0.640. The number of hydrogen-bond donors (Lipinski definition) is 2. The summed E-state index contributed by atoms with van der Waals surface area (Å²) in [6.07, 6.45) is 2.87. The maximum Gasteiger partial charge on any atom is 0.408 e. The van der Waals surface area contributed by atoms with Gasteiger partial charge in [0.15, 0.2) is 0 Å². The maximum atomic E-state index is 13.5. The molecular formula is C25H39N3O4. The quantitative estimate of drug-likeness (QED) is 0.597. The van der Waals surface area contributed by atoms with Crippen molar-refractivity contribution in [2.75, 3.05) is 6.54 Å². The second kappa shape index (κ2) is 10.8. The van der Waals surface area contributed by atoms with E-state index in [0.29, 0.717) is 0 Å². The predicted molar refractivity (Wildman–Crippen MR) is 125 cm³/mol. The molecule has 0 spiro atoms. The van der Waals surface area contributed by atoms with E-state index in [4.69, 9.17) is 4.74 Å². The number of nitrogens with one attached hydrogen (secondary N) is 2. The van der Waals surface area contributed by atoms with E-state index >= 15 is 0 Å². The molecule has 3 amide bonds. The Hall–Kier alpha value is -2.57. The van der Waals surface area contributed by atoms with Gasteiger partial charge in [0, 0.05) is 12.1 Å². The average Bonchev–Trinajstić information content (AvgIpc) is 3.49. The van der Waals surface area contributed by atoms with Gasteiger partial charge in [-0.3, -0.25) is 9.59 Å². The lowest BCUT2D eigenvalue weighted by Crippen LogP contribution is -2.50. The average molecular weight is 446 g/mol. The maximum absolute atomic E-state index is 13.5. The van der Waals surface area contributed by atoms with Crippen LogP contribution >= 0.6 is 0 Å². The summed E-state index contributed by atoms with van der Waals surface area (Å²) in [4.78, 5) is 40.6. The number of alkyl carbamates (subject to hydrolysis) is 1. The van der Waals surface area contributed by atoms with Crippen molar-refractivity contribution in [2.45, 2.75) is 97.9 Å². The third-order valence-corrected chi connectivity index (χ3v) is 5.46. The van der Waals surface area contributed by atoms with E-state index in [0.717, 1.165) is 42.4 Å². The first-order chi connectivity index (χ1) is 14.9. The molecule has 32 heavy (non-hydrogen) atoms. The molecule has 1 saturated carbocycles. The van der Waals surface area contributed by atoms with Crippen LogP contribution in [0.5, 0.6) is 0 Å². The van der Waals surface area contributed by atoms with Gasteiger partial charge < -0.3 is 20.3 Å². The van der Waals surface area contributed by atoms with Crippen LogP contribution in [0, 0.1) is 13.8 Å². The Morgan fingerprint density at radius 3 is 2.25 bits per heavy atom. The van der Waals surface area contributed by atoms with Gasteiger partial charge in [-0.2, -0.15) is 0 Å². The molecule has 1 fully saturated rings. The first kappa shape index (κ1) is 25.7. The molecular weight excluding hydrogens is 406 g/mol. The van der Waals surface area contributed by atoms with E-state index in [1.165, 1.54) is 0 Å². The Morgan fingerprint density at radius 2 is 1.75 bits per heavy atom. The number of benzene rings is 1. The van der Waals surface area contributed by atoms with Crippen LogP contribution < -0.4 is 10.6 Å². The van der Waals surface area contributed by atoms with Gasteiger partial charge in [0.2, 0.25) is 11.8 Å². The number of hydrogen-bond acceptors (Lipinski definition) is 4. The van der Waals surface area contributed by atoms with Crippen LogP contribution in [0.25, 0.3) is 0 Å². The lowest BCUT2D eigenvalue weighted by Gasteiger charge is -2.34. The fourth-order valence-electron chi connectivity index (χ4n) is 3.95. The van der Waals surface area contributed by atoms with Gasteiger partial charge >= 0.3 is 6.09 Å². The first-order valence-electron chi connectivity index (χ1n) is 11.6. The van der Waals surface area contributed by atoms with Gasteiger partial charge in [0.1, 0.15) is 18.2 Å². The largest absolute Gasteiger partial charge is 0.444 e. The molecule has 0 radical (unpaired) electrons. The molecule has 1 aliphatic rings. The van der Waals surface area contributed by atoms with E-state index in [2.05, 4.69) is 17.6 Å². The van der Waals surface area contributed by atoms with Gasteiger partial charge in [-0.1, -0.05) is 31.5 Å². The molecule has 7 nitrogen and oxygen atoms in total. The summed E-state index contributed by atoms with van der Waals surface area (Å²) < 4.78 is 5.25. The minimum absolute atomic E-state index is 0.00960. The Kier molecular flexibility index (Phi) is 8.70. The second-order valence-electron chi connectivity index (χ2n) is 9.79. The normalized spacial score (nSPS) is 15.5. The van der Waals surface area contributed by atoms with Crippen LogP contribution in [0.1, 0.15) is 83.0 Å². The molecule has 2 rings (SSSR count). The van der Waals surface area contributed by atoms with Crippen LogP contribution in [-0.4, -0.2) is 47.0 Å². The van der Waals surface area contributed by atoms with E-state index in [1.807, 2.05) is 39.0 Å². The van der Waals surface area contributed by atoms with Crippen molar-refractivity contribution in [3.8, 4) is 0 Å². The Balaban J connectivity index is 2.32. The highest BCUT2D eigenvalue weighted by atomic mass is 16.6. The molecule has 1 aromatic carbocycles. The Bertz CT molecular complexity index is 807. The van der Waals surface area contributed by atoms with E-state index in [9.17, 15) is 14.4 Å². The lowest BCUT2D eigenvalue weighted by atomic mass is 9.93. The van der Waals surface area contributed by atoms with Crippen LogP contribution in [0.2, 0.25) is 0 Å². The molecule has 7 heteroatoms. The zero-order valence-electron chi connectivity index (χ0n) is 20.6. The highest BCUT2D eigenvalue weighted by Crippen LogP contribution is 2.37. The molecule has 0 aromatic heterocycles. The molecule has 0 bridgehead atoms. The number of amides is 3. The van der Waals surface area contributed by atoms with Crippen molar-refractivity contribution in [1.82, 2.24) is 15.5 Å². The summed E-state index contributed by atoms with van der Waals surface area (Å²) in [7, 11) is 0. The highest BCUT2D eigenvalue weighted by molar-refractivity contribution is 5.91. The minimum Gasteiger partial charge on any atom is -0.444 e.